The molecular weight excluding hydrogens is 253 g/mol. The van der Waals surface area contributed by atoms with Gasteiger partial charge in [-0.1, -0.05) is 6.92 Å². The van der Waals surface area contributed by atoms with Crippen LogP contribution < -0.4 is 3.53 Å². The quantitative estimate of drug-likeness (QED) is 0.613. The minimum absolute atomic E-state index is 0.224. The number of halogens is 1. The maximum absolute atomic E-state index is 10.8. The summed E-state index contributed by atoms with van der Waals surface area (Å²) < 4.78 is 3.12. The molecule has 0 aromatic carbocycles. The van der Waals surface area contributed by atoms with Crippen LogP contribution in [0.5, 0.6) is 0 Å². The molecule has 0 aliphatic heterocycles. The molecule has 0 amide bonds. The summed E-state index contributed by atoms with van der Waals surface area (Å²) in [5.74, 6) is 0.521. The molecule has 2 nitrogen and oxygen atoms in total. The van der Waals surface area contributed by atoms with Gasteiger partial charge in [-0.05, 0) is 26.7 Å². The van der Waals surface area contributed by atoms with Crippen molar-refractivity contribution >= 4 is 28.6 Å². The summed E-state index contributed by atoms with van der Waals surface area (Å²) in [7, 11) is 0. The molecule has 0 spiro atoms. The molecule has 3 heteroatoms. The second kappa shape index (κ2) is 5.94. The molecule has 2 unspecified atom stereocenters. The zero-order chi connectivity index (χ0) is 8.85. The molecule has 11 heavy (non-hydrogen) atoms. The van der Waals surface area contributed by atoms with E-state index in [2.05, 4.69) is 33.3 Å². The summed E-state index contributed by atoms with van der Waals surface area (Å²) in [6.45, 7) is 5.77. The summed E-state index contributed by atoms with van der Waals surface area (Å²) in [6.07, 6.45) is 2.07. The van der Waals surface area contributed by atoms with Gasteiger partial charge in [-0.2, -0.15) is 0 Å². The van der Waals surface area contributed by atoms with Gasteiger partial charge in [-0.25, -0.2) is 0 Å². The lowest BCUT2D eigenvalue weighted by atomic mass is 9.99. The Balaban J connectivity index is 3.45. The fraction of sp³-hybridized carbons (Fsp3) is 0.875. The molecule has 0 aliphatic rings. The molecule has 66 valence electrons. The first kappa shape index (κ1) is 11.4. The van der Waals surface area contributed by atoms with Crippen molar-refractivity contribution in [2.24, 2.45) is 5.92 Å². The molecule has 1 N–H and O–H groups in total. The first-order chi connectivity index (χ1) is 5.07. The van der Waals surface area contributed by atoms with Gasteiger partial charge in [-0.3, -0.25) is 8.32 Å². The lowest BCUT2D eigenvalue weighted by molar-refractivity contribution is -0.120. The first-order valence-corrected chi connectivity index (χ1v) is 5.02. The van der Waals surface area contributed by atoms with Gasteiger partial charge < -0.3 is 0 Å². The first-order valence-electron chi connectivity index (χ1n) is 3.94. The van der Waals surface area contributed by atoms with E-state index in [0.29, 0.717) is 11.8 Å². The molecular formula is C8H16INO. The van der Waals surface area contributed by atoms with E-state index in [1.807, 2.05) is 6.92 Å². The molecule has 0 bridgehead atoms. The van der Waals surface area contributed by atoms with Crippen LogP contribution in [0.25, 0.3) is 0 Å². The van der Waals surface area contributed by atoms with Crippen molar-refractivity contribution in [1.29, 1.82) is 0 Å². The lowest BCUT2D eigenvalue weighted by Crippen LogP contribution is -2.17. The summed E-state index contributed by atoms with van der Waals surface area (Å²) in [4.78, 5) is 10.8. The van der Waals surface area contributed by atoms with E-state index >= 15 is 0 Å². The molecule has 0 aliphatic carbocycles. The smallest absolute Gasteiger partial charge is 0.132 e. The molecule has 0 saturated heterocycles. The van der Waals surface area contributed by atoms with Gasteiger partial charge in [0.05, 0.1) is 0 Å². The molecule has 2 atom stereocenters. The Bertz CT molecular complexity index is 127. The standard InChI is InChI=1S/C8H16INO/c1-6(8(3)11)4-5-7(2)10-9/h6-7,10H,4-5H2,1-3H3. The number of rotatable bonds is 5. The second-order valence-corrected chi connectivity index (χ2v) is 3.72. The van der Waals surface area contributed by atoms with Crippen molar-refractivity contribution in [3.63, 3.8) is 0 Å². The van der Waals surface area contributed by atoms with Gasteiger partial charge in [0.1, 0.15) is 5.78 Å². The summed E-state index contributed by atoms with van der Waals surface area (Å²) >= 11 is 2.14. The second-order valence-electron chi connectivity index (χ2n) is 3.10. The molecule has 0 heterocycles. The van der Waals surface area contributed by atoms with Crippen molar-refractivity contribution in [1.82, 2.24) is 3.53 Å². The minimum atomic E-state index is 0.224. The predicted molar refractivity (Wildman–Crippen MR) is 55.7 cm³/mol. The van der Waals surface area contributed by atoms with Crippen molar-refractivity contribution in [2.75, 3.05) is 0 Å². The Morgan fingerprint density at radius 2 is 2.00 bits per heavy atom. The highest BCUT2D eigenvalue weighted by atomic mass is 127. The van der Waals surface area contributed by atoms with E-state index < -0.39 is 0 Å². The zero-order valence-corrected chi connectivity index (χ0v) is 9.51. The predicted octanol–water partition coefficient (Wildman–Crippen LogP) is 2.32. The maximum Gasteiger partial charge on any atom is 0.132 e. The summed E-state index contributed by atoms with van der Waals surface area (Å²) in [5.41, 5.74) is 0. The van der Waals surface area contributed by atoms with E-state index in [4.69, 9.17) is 0 Å². The highest BCUT2D eigenvalue weighted by Crippen LogP contribution is 2.09. The van der Waals surface area contributed by atoms with Gasteiger partial charge in [0.25, 0.3) is 0 Å². The third-order valence-corrected chi connectivity index (χ3v) is 2.98. The van der Waals surface area contributed by atoms with Gasteiger partial charge in [0, 0.05) is 34.8 Å². The minimum Gasteiger partial charge on any atom is -0.300 e. The van der Waals surface area contributed by atoms with Crippen LogP contribution >= 0.6 is 22.9 Å². The molecule has 0 radical (unpaired) electrons. The summed E-state index contributed by atoms with van der Waals surface area (Å²) in [5, 5.41) is 0. The average molecular weight is 269 g/mol. The van der Waals surface area contributed by atoms with Crippen LogP contribution in [0, 0.1) is 5.92 Å². The monoisotopic (exact) mass is 269 g/mol. The topological polar surface area (TPSA) is 29.1 Å². The maximum atomic E-state index is 10.8. The van der Waals surface area contributed by atoms with Crippen LogP contribution in [0.2, 0.25) is 0 Å². The van der Waals surface area contributed by atoms with E-state index in [9.17, 15) is 4.79 Å². The van der Waals surface area contributed by atoms with Crippen LogP contribution in [0.4, 0.5) is 0 Å². The van der Waals surface area contributed by atoms with Crippen molar-refractivity contribution in [3.05, 3.63) is 0 Å². The number of carbonyl (C=O) groups excluding carboxylic acids is 1. The number of Topliss-reactive ketones (excluding diaryl/α,β-unsaturated/α-hetero) is 1. The van der Waals surface area contributed by atoms with Gasteiger partial charge in [-0.15, -0.1) is 0 Å². The molecule has 0 rings (SSSR count). The Kier molecular flexibility index (Phi) is 6.14. The van der Waals surface area contributed by atoms with Crippen LogP contribution in [-0.4, -0.2) is 11.8 Å². The third-order valence-electron chi connectivity index (χ3n) is 1.91. The van der Waals surface area contributed by atoms with E-state index in [0.717, 1.165) is 12.8 Å². The SMILES string of the molecule is CC(=O)C(C)CCC(C)NI. The average Bonchev–Trinajstić information content (AvgIpc) is 1.99. The van der Waals surface area contributed by atoms with Crippen LogP contribution in [0.3, 0.4) is 0 Å². The Hall–Kier alpha value is 0.360. The third kappa shape index (κ3) is 5.61. The van der Waals surface area contributed by atoms with Crippen LogP contribution in [0.15, 0.2) is 0 Å². The van der Waals surface area contributed by atoms with Gasteiger partial charge in [0.2, 0.25) is 0 Å². The van der Waals surface area contributed by atoms with E-state index in [-0.39, 0.29) is 5.92 Å². The van der Waals surface area contributed by atoms with Crippen LogP contribution in [-0.2, 0) is 4.79 Å². The van der Waals surface area contributed by atoms with Crippen LogP contribution in [0.1, 0.15) is 33.6 Å². The number of hydrogen-bond donors (Lipinski definition) is 1. The Morgan fingerprint density at radius 3 is 2.36 bits per heavy atom. The fourth-order valence-corrected chi connectivity index (χ4v) is 1.07. The van der Waals surface area contributed by atoms with Crippen molar-refractivity contribution in [2.45, 2.75) is 39.7 Å². The Labute approximate surface area is 82.6 Å². The van der Waals surface area contributed by atoms with Crippen molar-refractivity contribution < 1.29 is 4.79 Å². The Morgan fingerprint density at radius 1 is 1.45 bits per heavy atom. The summed E-state index contributed by atoms with van der Waals surface area (Å²) in [6, 6.07) is 0.511. The number of nitrogens with one attached hydrogen (secondary N) is 1. The number of carbonyl (C=O) groups is 1. The lowest BCUT2D eigenvalue weighted by Gasteiger charge is -2.11. The number of hydrogen-bond acceptors (Lipinski definition) is 2. The largest absolute Gasteiger partial charge is 0.300 e. The molecule has 0 saturated carbocycles. The highest BCUT2D eigenvalue weighted by Gasteiger charge is 2.08. The van der Waals surface area contributed by atoms with Crippen molar-refractivity contribution in [3.8, 4) is 0 Å². The van der Waals surface area contributed by atoms with Gasteiger partial charge >= 0.3 is 0 Å². The zero-order valence-electron chi connectivity index (χ0n) is 7.36. The van der Waals surface area contributed by atoms with E-state index in [1.165, 1.54) is 0 Å². The number of ketones is 1. The molecule has 0 aromatic rings. The normalized spacial score (nSPS) is 16.0. The molecule has 0 aromatic heterocycles. The fourth-order valence-electron chi connectivity index (χ4n) is 0.758. The highest BCUT2D eigenvalue weighted by molar-refractivity contribution is 14.1. The van der Waals surface area contributed by atoms with E-state index in [1.54, 1.807) is 6.92 Å². The molecule has 0 fully saturated rings. The van der Waals surface area contributed by atoms with Gasteiger partial charge in [0.15, 0.2) is 0 Å².